The van der Waals surface area contributed by atoms with Crippen molar-refractivity contribution in [2.45, 2.75) is 55.5 Å². The zero-order valence-electron chi connectivity index (χ0n) is 23.7. The fraction of sp³-hybridized carbons (Fsp3) is 0.467. The molecule has 12 nitrogen and oxygen atoms in total. The van der Waals surface area contributed by atoms with Crippen LogP contribution in [0.5, 0.6) is 0 Å². The van der Waals surface area contributed by atoms with Crippen molar-refractivity contribution in [2.75, 3.05) is 37.9 Å². The number of likely N-dealkylation sites (N-methyl/N-ethyl adjacent to an activating group) is 2. The van der Waals surface area contributed by atoms with Crippen molar-refractivity contribution in [2.24, 2.45) is 0 Å². The molecule has 8 aliphatic rings. The lowest BCUT2D eigenvalue weighted by Gasteiger charge is -2.49. The van der Waals surface area contributed by atoms with Gasteiger partial charge >= 0.3 is 0 Å². The first-order chi connectivity index (χ1) is 21.1. The Labute approximate surface area is 260 Å². The molecule has 4 bridgehead atoms. The number of rotatable bonds is 3. The quantitative estimate of drug-likeness (QED) is 0.366. The molecule has 10 rings (SSSR count). The number of amides is 4. The zero-order chi connectivity index (χ0) is 30.4. The van der Waals surface area contributed by atoms with Crippen LogP contribution in [0.25, 0.3) is 0 Å². The van der Waals surface area contributed by atoms with E-state index in [9.17, 15) is 29.4 Å². The van der Waals surface area contributed by atoms with E-state index in [2.05, 4.69) is 10.6 Å². The van der Waals surface area contributed by atoms with E-state index >= 15 is 0 Å². The van der Waals surface area contributed by atoms with E-state index in [1.807, 2.05) is 48.5 Å². The number of thioether (sulfide) groups is 2. The number of hydrogen-bond donors (Lipinski definition) is 4. The summed E-state index contributed by atoms with van der Waals surface area (Å²) in [7, 11) is 3.15. The maximum atomic E-state index is 14.4. The van der Waals surface area contributed by atoms with Crippen LogP contribution in [0.3, 0.4) is 0 Å². The largest absolute Gasteiger partial charge is 0.392 e. The van der Waals surface area contributed by atoms with Crippen LogP contribution in [-0.4, -0.2) is 113 Å². The number of piperazine rings is 2. The van der Waals surface area contributed by atoms with E-state index in [1.54, 1.807) is 23.9 Å². The van der Waals surface area contributed by atoms with Gasteiger partial charge in [-0.2, -0.15) is 0 Å². The maximum Gasteiger partial charge on any atom is 0.264 e. The van der Waals surface area contributed by atoms with Gasteiger partial charge in [0.15, 0.2) is 19.5 Å². The molecule has 8 aliphatic heterocycles. The minimum atomic E-state index is -1.41. The number of anilines is 2. The number of nitrogens with zero attached hydrogens (tertiary/aromatic N) is 4. The summed E-state index contributed by atoms with van der Waals surface area (Å²) in [5, 5.41) is 28.3. The van der Waals surface area contributed by atoms with Gasteiger partial charge in [-0.05, 0) is 23.3 Å². The third-order valence-electron chi connectivity index (χ3n) is 12.0. The maximum absolute atomic E-state index is 14.4. The molecule has 0 aliphatic carbocycles. The van der Waals surface area contributed by atoms with Crippen LogP contribution in [0.4, 0.5) is 11.4 Å². The number of carbonyl (C=O) groups is 4. The van der Waals surface area contributed by atoms with Gasteiger partial charge in [-0.1, -0.05) is 59.9 Å². The summed E-state index contributed by atoms with van der Waals surface area (Å²) in [6.45, 7) is -1.01. The van der Waals surface area contributed by atoms with Gasteiger partial charge in [0.1, 0.15) is 12.3 Å². The number of benzene rings is 2. The van der Waals surface area contributed by atoms with Gasteiger partial charge in [0, 0.05) is 38.3 Å². The van der Waals surface area contributed by atoms with Crippen LogP contribution >= 0.6 is 23.5 Å². The molecule has 0 radical (unpaired) electrons. The molecule has 2 spiro atoms. The lowest BCUT2D eigenvalue weighted by atomic mass is 9.54. The van der Waals surface area contributed by atoms with Crippen molar-refractivity contribution in [3.8, 4) is 0 Å². The number of hydrogen-bond acceptors (Lipinski definition) is 10. The molecule has 0 unspecified atom stereocenters. The normalized spacial score (nSPS) is 44.6. The fourth-order valence-electron chi connectivity index (χ4n) is 10.3. The van der Waals surface area contributed by atoms with Gasteiger partial charge in [-0.25, -0.2) is 0 Å². The second-order valence-electron chi connectivity index (χ2n) is 13.2. The Bertz CT molecular complexity index is 1700. The highest BCUT2D eigenvalue weighted by Crippen LogP contribution is 2.78. The summed E-state index contributed by atoms with van der Waals surface area (Å²) in [5.41, 5.74) is 1.55. The van der Waals surface area contributed by atoms with E-state index in [0.717, 1.165) is 22.5 Å². The second kappa shape index (κ2) is 7.16. The molecule has 6 fully saturated rings. The molecule has 44 heavy (non-hydrogen) atoms. The Morgan fingerprint density at radius 2 is 1.07 bits per heavy atom. The molecular weight excluding hydrogens is 605 g/mol. The van der Waals surface area contributed by atoms with Crippen molar-refractivity contribution < 1.29 is 29.4 Å². The Morgan fingerprint density at radius 1 is 0.682 bits per heavy atom. The van der Waals surface area contributed by atoms with Crippen LogP contribution in [0.2, 0.25) is 0 Å². The molecule has 4 N–H and O–H groups in total. The van der Waals surface area contributed by atoms with Gasteiger partial charge in [0.25, 0.3) is 23.6 Å². The van der Waals surface area contributed by atoms with E-state index < -0.39 is 55.9 Å². The summed E-state index contributed by atoms with van der Waals surface area (Å²) in [6.07, 6.45) is -0.953. The highest BCUT2D eigenvalue weighted by Gasteiger charge is 2.90. The molecular formula is C30H28N6O6S2. The van der Waals surface area contributed by atoms with Gasteiger partial charge in [-0.15, -0.1) is 0 Å². The minimum absolute atomic E-state index is 0.223. The summed E-state index contributed by atoms with van der Waals surface area (Å²) in [6, 6.07) is 15.7. The number of nitrogens with one attached hydrogen (secondary N) is 2. The molecule has 0 aromatic heterocycles. The Morgan fingerprint density at radius 3 is 1.45 bits per heavy atom. The lowest BCUT2D eigenvalue weighted by molar-refractivity contribution is -0.161. The van der Waals surface area contributed by atoms with Crippen molar-refractivity contribution in [3.63, 3.8) is 0 Å². The van der Waals surface area contributed by atoms with Crippen molar-refractivity contribution >= 4 is 58.5 Å². The molecule has 2 aromatic carbocycles. The highest BCUT2D eigenvalue weighted by molar-refractivity contribution is 8.04. The Kier molecular flexibility index (Phi) is 4.21. The fourth-order valence-corrected chi connectivity index (χ4v) is 14.0. The molecule has 8 atom stereocenters. The van der Waals surface area contributed by atoms with E-state index in [-0.39, 0.29) is 36.5 Å². The van der Waals surface area contributed by atoms with Crippen molar-refractivity contribution in [3.05, 3.63) is 59.7 Å². The number of aliphatic hydroxyl groups excluding tert-OH is 2. The van der Waals surface area contributed by atoms with Crippen LogP contribution in [0, 0.1) is 0 Å². The van der Waals surface area contributed by atoms with Crippen LogP contribution < -0.4 is 10.6 Å². The third-order valence-corrected chi connectivity index (χ3v) is 15.6. The van der Waals surface area contributed by atoms with Crippen LogP contribution in [-0.2, 0) is 30.0 Å². The first-order valence-corrected chi connectivity index (χ1v) is 16.3. The predicted octanol–water partition coefficient (Wildman–Crippen LogP) is 0.0376. The van der Waals surface area contributed by atoms with Gasteiger partial charge in [-0.3, -0.25) is 29.0 Å². The van der Waals surface area contributed by atoms with Gasteiger partial charge in [0.2, 0.25) is 0 Å². The van der Waals surface area contributed by atoms with E-state index in [1.165, 1.54) is 33.3 Å². The topological polar surface area (TPSA) is 146 Å². The monoisotopic (exact) mass is 632 g/mol. The van der Waals surface area contributed by atoms with Crippen molar-refractivity contribution in [1.29, 1.82) is 0 Å². The average molecular weight is 633 g/mol. The Balaban J connectivity index is 1.28. The van der Waals surface area contributed by atoms with Gasteiger partial charge < -0.3 is 30.6 Å². The lowest BCUT2D eigenvalue weighted by Crippen LogP contribution is -2.67. The van der Waals surface area contributed by atoms with Gasteiger partial charge in [0.05, 0.1) is 24.0 Å². The molecule has 226 valence electrons. The summed E-state index contributed by atoms with van der Waals surface area (Å²) < 4.78 is 0. The summed E-state index contributed by atoms with van der Waals surface area (Å²) >= 11 is 2.42. The molecule has 4 amide bonds. The molecule has 8 heterocycles. The standard InChI is InChI=1S/C30H28N6O6S2/c1-33-21(39)27-11-25(15-7-3-5-9-17(15)31-19(25)35(27)23(41)29(33,13-37)43-27)26-12-28-22(40)34(2)30(14-38,44-28)24(42)36(28)20(26)32-18-10-6-4-8-16(18)26/h3-10,19-20,31-32,37-38H,11-14H2,1-2H3/t19-,20-,25+,26+,27-,28-,29+,30+/m1/s1. The first kappa shape index (κ1) is 25.8. The molecule has 0 saturated carbocycles. The predicted molar refractivity (Wildman–Crippen MR) is 160 cm³/mol. The number of carbonyl (C=O) groups excluding carboxylic acids is 4. The Hall–Kier alpha value is -3.46. The number of aliphatic hydroxyl groups is 2. The first-order valence-electron chi connectivity index (χ1n) is 14.6. The summed E-state index contributed by atoms with van der Waals surface area (Å²) in [5.74, 6) is -1.14. The minimum Gasteiger partial charge on any atom is -0.392 e. The molecule has 6 saturated heterocycles. The SMILES string of the molecule is CN1C(=O)[C@]23C[C@]4([C@]56C[C@]78S[C@@](CO)(C(=O)N7[C@H]5Nc5ccccc56)N(C)C8=O)c5ccccc5N[C@@H]4N2C(=O)[C@]1(CO)S3. The second-order valence-corrected chi connectivity index (χ2v) is 16.3. The van der Waals surface area contributed by atoms with Crippen LogP contribution in [0.15, 0.2) is 48.5 Å². The van der Waals surface area contributed by atoms with E-state index in [0.29, 0.717) is 0 Å². The molecule has 14 heteroatoms. The molecule has 2 aromatic rings. The number of fused-ring (bicyclic) bond motifs is 11. The third kappa shape index (κ3) is 2.08. The zero-order valence-corrected chi connectivity index (χ0v) is 25.4. The summed E-state index contributed by atoms with van der Waals surface area (Å²) in [4.78, 5) is 58.1. The van der Waals surface area contributed by atoms with Crippen LogP contribution in [0.1, 0.15) is 24.0 Å². The highest BCUT2D eigenvalue weighted by atomic mass is 32.2. The smallest absolute Gasteiger partial charge is 0.264 e. The van der Waals surface area contributed by atoms with Crippen molar-refractivity contribution in [1.82, 2.24) is 19.6 Å². The van der Waals surface area contributed by atoms with E-state index in [4.69, 9.17) is 0 Å². The average Bonchev–Trinajstić information content (AvgIpc) is 3.85. The number of para-hydroxylation sites is 2.